The molecule has 2 fully saturated rings. The number of halogens is 1. The van der Waals surface area contributed by atoms with E-state index < -0.39 is 23.6 Å². The molecule has 0 saturated carbocycles. The normalized spacial score (nSPS) is 28.1. The number of ether oxygens (including phenoxy) is 1. The highest BCUT2D eigenvalue weighted by atomic mass is 19.1. The first-order valence-corrected chi connectivity index (χ1v) is 11.5. The minimum atomic E-state index is -0.731. The number of carbonyl (C=O) groups excluding carboxylic acids is 3. The Morgan fingerprint density at radius 1 is 1.15 bits per heavy atom. The minimum absolute atomic E-state index is 0.00178. The van der Waals surface area contributed by atoms with Crippen LogP contribution in [-0.2, 0) is 19.1 Å². The monoisotopic (exact) mass is 455 g/mol. The van der Waals surface area contributed by atoms with Gasteiger partial charge in [0, 0.05) is 25.3 Å². The number of aliphatic hydroxyl groups is 1. The van der Waals surface area contributed by atoms with Crippen LogP contribution in [0, 0.1) is 18.2 Å². The number of amides is 2. The number of aryl methyl sites for hydroxylation is 1. The van der Waals surface area contributed by atoms with E-state index in [2.05, 4.69) is 13.8 Å². The predicted octanol–water partition coefficient (Wildman–Crippen LogP) is 3.85. The zero-order valence-electron chi connectivity index (χ0n) is 19.3. The Hall–Kier alpha value is -2.80. The number of esters is 1. The molecule has 0 bridgehead atoms. The van der Waals surface area contributed by atoms with E-state index in [9.17, 15) is 23.9 Å². The molecule has 2 amide bonds. The molecular weight excluding hydrogens is 425 g/mol. The molecule has 2 heterocycles. The van der Waals surface area contributed by atoms with Crippen LogP contribution in [0.4, 0.5) is 4.39 Å². The Morgan fingerprint density at radius 2 is 1.85 bits per heavy atom. The van der Waals surface area contributed by atoms with Crippen molar-refractivity contribution >= 4 is 23.4 Å². The topological polar surface area (TPSA) is 83.9 Å². The van der Waals surface area contributed by atoms with E-state index in [-0.39, 0.29) is 42.9 Å². The lowest BCUT2D eigenvalue weighted by atomic mass is 9.68. The molecule has 0 aromatic heterocycles. The molecule has 1 N–H and O–H groups in total. The van der Waals surface area contributed by atoms with E-state index in [1.54, 1.807) is 25.1 Å². The largest absolute Gasteiger partial charge is 0.458 e. The second-order valence-electron chi connectivity index (χ2n) is 9.94. The summed E-state index contributed by atoms with van der Waals surface area (Å²) in [5.74, 6) is -1.01. The van der Waals surface area contributed by atoms with Gasteiger partial charge in [-0.15, -0.1) is 0 Å². The fourth-order valence-corrected chi connectivity index (χ4v) is 5.27. The Morgan fingerprint density at radius 3 is 2.48 bits per heavy atom. The molecule has 7 heteroatoms. The molecule has 0 spiro atoms. The number of cyclic esters (lactones) is 1. The van der Waals surface area contributed by atoms with Gasteiger partial charge in [0.1, 0.15) is 11.9 Å². The fraction of sp³-hybridized carbons (Fsp3) is 0.500. The number of rotatable bonds is 4. The summed E-state index contributed by atoms with van der Waals surface area (Å²) in [5, 5.41) is 9.93. The second kappa shape index (κ2) is 8.86. The fourth-order valence-electron chi connectivity index (χ4n) is 5.27. The number of carbonyl (C=O) groups is 3. The number of hydrogen-bond acceptors (Lipinski definition) is 5. The van der Waals surface area contributed by atoms with Crippen molar-refractivity contribution < 1.29 is 28.6 Å². The van der Waals surface area contributed by atoms with Crippen molar-refractivity contribution in [3.63, 3.8) is 0 Å². The van der Waals surface area contributed by atoms with Gasteiger partial charge in [-0.05, 0) is 65.7 Å². The molecule has 0 radical (unpaired) electrons. The maximum atomic E-state index is 14.0. The van der Waals surface area contributed by atoms with Crippen LogP contribution in [-0.4, -0.2) is 46.0 Å². The van der Waals surface area contributed by atoms with Crippen LogP contribution in [0.5, 0.6) is 0 Å². The second-order valence-corrected chi connectivity index (χ2v) is 9.94. The minimum Gasteiger partial charge on any atom is -0.458 e. The van der Waals surface area contributed by atoms with Crippen molar-refractivity contribution in [2.24, 2.45) is 5.41 Å². The van der Waals surface area contributed by atoms with E-state index in [4.69, 9.17) is 4.74 Å². The number of aliphatic hydroxyl groups excluding tert-OH is 1. The van der Waals surface area contributed by atoms with Crippen molar-refractivity contribution in [1.29, 1.82) is 0 Å². The Kier molecular flexibility index (Phi) is 6.27. The van der Waals surface area contributed by atoms with Gasteiger partial charge in [-0.25, -0.2) is 4.39 Å². The van der Waals surface area contributed by atoms with Gasteiger partial charge in [0.25, 0.3) is 0 Å². The maximum absolute atomic E-state index is 14.0. The first-order valence-electron chi connectivity index (χ1n) is 11.5. The summed E-state index contributed by atoms with van der Waals surface area (Å²) in [5.41, 5.74) is 2.87. The molecule has 1 aromatic rings. The lowest BCUT2D eigenvalue weighted by molar-refractivity contribution is -0.156. The van der Waals surface area contributed by atoms with E-state index in [1.165, 1.54) is 11.0 Å². The Bertz CT molecular complexity index is 1040. The third kappa shape index (κ3) is 4.78. The van der Waals surface area contributed by atoms with Crippen LogP contribution < -0.4 is 0 Å². The highest BCUT2D eigenvalue weighted by molar-refractivity contribution is 6.02. The van der Waals surface area contributed by atoms with Crippen molar-refractivity contribution in [2.45, 2.75) is 77.5 Å². The van der Waals surface area contributed by atoms with Crippen LogP contribution in [0.25, 0.3) is 5.57 Å². The molecular formula is C26H30FNO5. The summed E-state index contributed by atoms with van der Waals surface area (Å²) in [6, 6.07) is 4.67. The average Bonchev–Trinajstić information content (AvgIpc) is 3.05. The number of allylic oxidation sites excluding steroid dienone is 2. The van der Waals surface area contributed by atoms with E-state index >= 15 is 0 Å². The molecule has 3 unspecified atom stereocenters. The van der Waals surface area contributed by atoms with Gasteiger partial charge in [-0.3, -0.25) is 19.3 Å². The molecule has 1 aromatic carbocycles. The highest BCUT2D eigenvalue weighted by Gasteiger charge is 2.42. The van der Waals surface area contributed by atoms with Crippen molar-refractivity contribution in [2.75, 3.05) is 0 Å². The summed E-state index contributed by atoms with van der Waals surface area (Å²) >= 11 is 0. The number of imide groups is 1. The summed E-state index contributed by atoms with van der Waals surface area (Å²) in [6.07, 6.45) is 4.34. The van der Waals surface area contributed by atoms with Crippen LogP contribution in [0.2, 0.25) is 0 Å². The van der Waals surface area contributed by atoms with Gasteiger partial charge in [0.15, 0.2) is 0 Å². The molecule has 4 rings (SSSR count). The van der Waals surface area contributed by atoms with Crippen LogP contribution in [0.15, 0.2) is 35.9 Å². The quantitative estimate of drug-likeness (QED) is 0.551. The van der Waals surface area contributed by atoms with Crippen molar-refractivity contribution in [3.05, 3.63) is 52.9 Å². The summed E-state index contributed by atoms with van der Waals surface area (Å²) < 4.78 is 19.4. The third-order valence-corrected chi connectivity index (χ3v) is 6.87. The highest BCUT2D eigenvalue weighted by Crippen LogP contribution is 2.47. The van der Waals surface area contributed by atoms with E-state index in [1.807, 2.05) is 6.08 Å². The van der Waals surface area contributed by atoms with Crippen LogP contribution >= 0.6 is 0 Å². The van der Waals surface area contributed by atoms with Gasteiger partial charge >= 0.3 is 5.97 Å². The number of benzene rings is 1. The van der Waals surface area contributed by atoms with Gasteiger partial charge in [0.05, 0.1) is 12.5 Å². The summed E-state index contributed by atoms with van der Waals surface area (Å²) in [4.78, 5) is 38.1. The van der Waals surface area contributed by atoms with Gasteiger partial charge in [-0.2, -0.15) is 0 Å². The zero-order chi connectivity index (χ0) is 23.9. The summed E-state index contributed by atoms with van der Waals surface area (Å²) in [7, 11) is 0. The molecule has 6 nitrogen and oxygen atoms in total. The summed E-state index contributed by atoms with van der Waals surface area (Å²) in [6.45, 7) is 5.82. The first-order chi connectivity index (χ1) is 15.5. The molecule has 1 aliphatic carbocycles. The number of likely N-dealkylation sites (tertiary alicyclic amines) is 1. The van der Waals surface area contributed by atoms with Crippen molar-refractivity contribution in [3.8, 4) is 0 Å². The van der Waals surface area contributed by atoms with E-state index in [0.29, 0.717) is 24.8 Å². The molecule has 3 aliphatic rings. The molecule has 176 valence electrons. The third-order valence-electron chi connectivity index (χ3n) is 6.87. The number of hydrogen-bond donors (Lipinski definition) is 1. The van der Waals surface area contributed by atoms with Gasteiger partial charge in [0.2, 0.25) is 11.8 Å². The lowest BCUT2D eigenvalue weighted by Gasteiger charge is -2.41. The van der Waals surface area contributed by atoms with Crippen LogP contribution in [0.1, 0.15) is 63.5 Å². The molecule has 2 aliphatic heterocycles. The smallest absolute Gasteiger partial charge is 0.309 e. The standard InChI is InChI=1S/C26H30FNO5/c1-15-10-16(4-7-22(15)27)20-11-17(28-23(30)8-9-24(28)31)14-26(2,3)21(20)6-5-19-12-18(29)13-25(32)33-19/h4-7,10,17-19,29H,8-9,11-14H2,1-3H3/b6-5+. The molecule has 2 saturated heterocycles. The zero-order valence-corrected chi connectivity index (χ0v) is 19.3. The Labute approximate surface area is 193 Å². The Balaban J connectivity index is 1.76. The van der Waals surface area contributed by atoms with E-state index in [0.717, 1.165) is 16.7 Å². The maximum Gasteiger partial charge on any atom is 0.309 e. The van der Waals surface area contributed by atoms with Crippen molar-refractivity contribution in [1.82, 2.24) is 4.90 Å². The SMILES string of the molecule is Cc1cc(C2=C(/C=C/C3CC(O)CC(=O)O3)C(C)(C)CC(N3C(=O)CCC3=O)C2)ccc1F. The van der Waals surface area contributed by atoms with Gasteiger partial charge < -0.3 is 9.84 Å². The number of nitrogens with zero attached hydrogens (tertiary/aromatic N) is 1. The van der Waals surface area contributed by atoms with Gasteiger partial charge in [-0.1, -0.05) is 26.0 Å². The first kappa shape index (κ1) is 23.4. The molecule has 33 heavy (non-hydrogen) atoms. The predicted molar refractivity (Wildman–Crippen MR) is 120 cm³/mol. The van der Waals surface area contributed by atoms with Crippen LogP contribution in [0.3, 0.4) is 0 Å². The average molecular weight is 456 g/mol. The lowest BCUT2D eigenvalue weighted by Crippen LogP contribution is -2.44. The molecule has 3 atom stereocenters.